The zero-order chi connectivity index (χ0) is 24.4. The van der Waals surface area contributed by atoms with Crippen LogP contribution in [0.1, 0.15) is 43.7 Å². The summed E-state index contributed by atoms with van der Waals surface area (Å²) in [6.45, 7) is 4.76. The van der Waals surface area contributed by atoms with Gasteiger partial charge in [-0.05, 0) is 69.7 Å². The lowest BCUT2D eigenvalue weighted by atomic mass is 9.95. The summed E-state index contributed by atoms with van der Waals surface area (Å²) in [7, 11) is 1.75. The highest BCUT2D eigenvalue weighted by Gasteiger charge is 2.23. The number of carboxylic acids is 1. The van der Waals surface area contributed by atoms with Gasteiger partial charge < -0.3 is 24.1 Å². The van der Waals surface area contributed by atoms with E-state index in [0.717, 1.165) is 53.9 Å². The fraction of sp³-hybridized carbons (Fsp3) is 0.500. The van der Waals surface area contributed by atoms with Gasteiger partial charge in [-0.2, -0.15) is 0 Å². The molecule has 8 nitrogen and oxygen atoms in total. The third-order valence-corrected chi connectivity index (χ3v) is 6.74. The van der Waals surface area contributed by atoms with E-state index in [1.165, 1.54) is 6.92 Å². The number of aliphatic hydroxyl groups excluding tert-OH is 1. The molecule has 8 heteroatoms. The number of ether oxygens (including phenoxy) is 1. The first-order chi connectivity index (χ1) is 16.2. The number of imidazole rings is 1. The molecule has 0 aliphatic carbocycles. The number of aliphatic hydroxyl groups is 1. The Morgan fingerprint density at radius 3 is 2.74 bits per heavy atom. The minimum Gasteiger partial charge on any atom is -0.481 e. The Morgan fingerprint density at radius 2 is 2.09 bits per heavy atom. The number of rotatable bonds is 8. The Hall–Kier alpha value is -2.97. The van der Waals surface area contributed by atoms with E-state index >= 15 is 0 Å². The molecule has 4 rings (SSSR count). The molecule has 1 aliphatic rings. The van der Waals surface area contributed by atoms with Crippen LogP contribution in [0.15, 0.2) is 35.3 Å². The van der Waals surface area contributed by atoms with Crippen molar-refractivity contribution in [2.24, 2.45) is 13.0 Å². The van der Waals surface area contributed by atoms with E-state index in [0.29, 0.717) is 24.9 Å². The van der Waals surface area contributed by atoms with Crippen LogP contribution >= 0.6 is 0 Å². The van der Waals surface area contributed by atoms with E-state index in [4.69, 9.17) is 9.72 Å². The minimum atomic E-state index is -0.986. The Labute approximate surface area is 198 Å². The largest absolute Gasteiger partial charge is 0.481 e. The van der Waals surface area contributed by atoms with Crippen molar-refractivity contribution in [2.45, 2.75) is 64.7 Å². The first kappa shape index (κ1) is 24.2. The SMILES string of the molecule is Cc1cc(-c2nc3cc(CC[C@H](C(=O)O)[C@@H](C)O)ccc3n2CC2CCCCO2)cn(C)c1=O. The number of hydrogen-bond acceptors (Lipinski definition) is 5. The predicted octanol–water partition coefficient (Wildman–Crippen LogP) is 3.29. The quantitative estimate of drug-likeness (QED) is 0.527. The summed E-state index contributed by atoms with van der Waals surface area (Å²) < 4.78 is 9.76. The molecule has 2 N–H and O–H groups in total. The van der Waals surface area contributed by atoms with Gasteiger partial charge in [0.15, 0.2) is 0 Å². The molecule has 0 spiro atoms. The van der Waals surface area contributed by atoms with E-state index in [1.807, 2.05) is 37.4 Å². The van der Waals surface area contributed by atoms with Gasteiger partial charge in [-0.15, -0.1) is 0 Å². The highest BCUT2D eigenvalue weighted by atomic mass is 16.5. The zero-order valence-corrected chi connectivity index (χ0v) is 20.0. The highest BCUT2D eigenvalue weighted by Crippen LogP contribution is 2.28. The van der Waals surface area contributed by atoms with Crippen molar-refractivity contribution in [1.82, 2.24) is 14.1 Å². The van der Waals surface area contributed by atoms with E-state index < -0.39 is 18.0 Å². The van der Waals surface area contributed by atoms with Crippen LogP contribution in [0.2, 0.25) is 0 Å². The standard InChI is InChI=1S/C26H33N3O5/c1-16-12-19(14-28(3)25(16)31)24-27-22-13-18(7-9-21(17(2)30)26(32)33)8-10-23(22)29(24)15-20-6-4-5-11-34-20/h8,10,12-14,17,20-21,30H,4-7,9,11,15H2,1-3H3,(H,32,33)/t17-,20?,21+/m1/s1. The molecule has 0 bridgehead atoms. The summed E-state index contributed by atoms with van der Waals surface area (Å²) in [6.07, 6.45) is 5.13. The van der Waals surface area contributed by atoms with Gasteiger partial charge in [0.25, 0.3) is 5.56 Å². The number of aliphatic carboxylic acids is 1. The summed E-state index contributed by atoms with van der Waals surface area (Å²) in [5, 5.41) is 19.2. The Morgan fingerprint density at radius 1 is 1.29 bits per heavy atom. The van der Waals surface area contributed by atoms with Gasteiger partial charge in [-0.1, -0.05) is 6.07 Å². The van der Waals surface area contributed by atoms with Crippen molar-refractivity contribution in [2.75, 3.05) is 6.61 Å². The van der Waals surface area contributed by atoms with Crippen LogP contribution in [0.25, 0.3) is 22.4 Å². The van der Waals surface area contributed by atoms with Crippen LogP contribution < -0.4 is 5.56 Å². The number of carboxylic acid groups (broad SMARTS) is 1. The van der Waals surface area contributed by atoms with Crippen LogP contribution in [-0.4, -0.2) is 49.1 Å². The topological polar surface area (TPSA) is 107 Å². The van der Waals surface area contributed by atoms with Crippen molar-refractivity contribution >= 4 is 17.0 Å². The van der Waals surface area contributed by atoms with Gasteiger partial charge in [-0.25, -0.2) is 4.98 Å². The second-order valence-corrected chi connectivity index (χ2v) is 9.41. The summed E-state index contributed by atoms with van der Waals surface area (Å²) in [4.78, 5) is 28.6. The molecule has 0 saturated carbocycles. The van der Waals surface area contributed by atoms with Gasteiger partial charge in [-0.3, -0.25) is 9.59 Å². The number of aryl methyl sites for hydroxylation is 3. The molecule has 1 saturated heterocycles. The van der Waals surface area contributed by atoms with Crippen LogP contribution in [0.3, 0.4) is 0 Å². The molecule has 1 aromatic carbocycles. The minimum absolute atomic E-state index is 0.0320. The average molecular weight is 468 g/mol. The molecule has 2 aromatic heterocycles. The Kier molecular flexibility index (Phi) is 7.19. The van der Waals surface area contributed by atoms with Crippen LogP contribution in [0, 0.1) is 12.8 Å². The molecule has 1 fully saturated rings. The van der Waals surface area contributed by atoms with Gasteiger partial charge in [0.1, 0.15) is 5.82 Å². The molecular formula is C26H33N3O5. The van der Waals surface area contributed by atoms with Gasteiger partial charge in [0, 0.05) is 31.0 Å². The fourth-order valence-corrected chi connectivity index (χ4v) is 4.78. The Bertz CT molecular complexity index is 1210. The monoisotopic (exact) mass is 467 g/mol. The molecule has 182 valence electrons. The summed E-state index contributed by atoms with van der Waals surface area (Å²) in [5.41, 5.74) is 4.26. The van der Waals surface area contributed by atoms with E-state index in [9.17, 15) is 19.8 Å². The first-order valence-electron chi connectivity index (χ1n) is 11.9. The van der Waals surface area contributed by atoms with Crippen molar-refractivity contribution in [3.63, 3.8) is 0 Å². The maximum Gasteiger partial charge on any atom is 0.309 e. The fourth-order valence-electron chi connectivity index (χ4n) is 4.78. The second-order valence-electron chi connectivity index (χ2n) is 9.41. The summed E-state index contributed by atoms with van der Waals surface area (Å²) >= 11 is 0. The zero-order valence-electron chi connectivity index (χ0n) is 20.0. The van der Waals surface area contributed by atoms with Gasteiger partial charge in [0.2, 0.25) is 0 Å². The molecule has 3 atom stereocenters. The molecule has 0 radical (unpaired) electrons. The third kappa shape index (κ3) is 5.08. The number of pyridine rings is 1. The van der Waals surface area contributed by atoms with Gasteiger partial charge >= 0.3 is 5.97 Å². The lowest BCUT2D eigenvalue weighted by Gasteiger charge is -2.24. The molecule has 34 heavy (non-hydrogen) atoms. The van der Waals surface area contributed by atoms with Crippen molar-refractivity contribution in [3.8, 4) is 11.4 Å². The molecule has 1 unspecified atom stereocenters. The second kappa shape index (κ2) is 10.1. The number of aromatic nitrogens is 3. The number of fused-ring (bicyclic) bond motifs is 1. The highest BCUT2D eigenvalue weighted by molar-refractivity contribution is 5.81. The van der Waals surface area contributed by atoms with Crippen LogP contribution in [0.5, 0.6) is 0 Å². The number of carbonyl (C=O) groups is 1. The first-order valence-corrected chi connectivity index (χ1v) is 11.9. The van der Waals surface area contributed by atoms with Crippen molar-refractivity contribution in [3.05, 3.63) is 51.9 Å². The molecule has 3 aromatic rings. The predicted molar refractivity (Wildman–Crippen MR) is 130 cm³/mol. The summed E-state index contributed by atoms with van der Waals surface area (Å²) in [5.74, 6) is -1.01. The average Bonchev–Trinajstić information content (AvgIpc) is 3.15. The van der Waals surface area contributed by atoms with E-state index in [2.05, 4.69) is 4.57 Å². The van der Waals surface area contributed by atoms with Crippen LogP contribution in [0.4, 0.5) is 0 Å². The van der Waals surface area contributed by atoms with E-state index in [-0.39, 0.29) is 11.7 Å². The van der Waals surface area contributed by atoms with Crippen LogP contribution in [-0.2, 0) is 29.5 Å². The maximum atomic E-state index is 12.2. The van der Waals surface area contributed by atoms with E-state index in [1.54, 1.807) is 11.6 Å². The lowest BCUT2D eigenvalue weighted by Crippen LogP contribution is -2.26. The number of hydrogen-bond donors (Lipinski definition) is 2. The summed E-state index contributed by atoms with van der Waals surface area (Å²) in [6, 6.07) is 7.89. The molecule has 0 amide bonds. The van der Waals surface area contributed by atoms with Crippen molar-refractivity contribution in [1.29, 1.82) is 0 Å². The number of nitrogens with zero attached hydrogens (tertiary/aromatic N) is 3. The molecule has 1 aliphatic heterocycles. The molecular weight excluding hydrogens is 434 g/mol. The third-order valence-electron chi connectivity index (χ3n) is 6.74. The molecule has 3 heterocycles. The smallest absolute Gasteiger partial charge is 0.309 e. The Balaban J connectivity index is 1.72. The van der Waals surface area contributed by atoms with Crippen molar-refractivity contribution < 1.29 is 19.7 Å². The van der Waals surface area contributed by atoms with Gasteiger partial charge in [0.05, 0.1) is 35.7 Å². The maximum absolute atomic E-state index is 12.2. The normalized spacial score (nSPS) is 18.2. The lowest BCUT2D eigenvalue weighted by molar-refractivity contribution is -0.145. The number of benzene rings is 1.